The number of hydrogen-bond acceptors (Lipinski definition) is 3. The first-order valence-electron chi connectivity index (χ1n) is 6.63. The van der Waals surface area contributed by atoms with E-state index in [0.717, 1.165) is 10.0 Å². The number of carbonyl (C=O) groups excluding carboxylic acids is 1. The topological polar surface area (TPSA) is 29.5 Å². The summed E-state index contributed by atoms with van der Waals surface area (Å²) in [6.45, 7) is 0. The maximum absolute atomic E-state index is 12.4. The van der Waals surface area contributed by atoms with Crippen LogP contribution in [0.25, 0.3) is 0 Å². The zero-order valence-corrected chi connectivity index (χ0v) is 14.9. The molecule has 0 aromatic heterocycles. The molecule has 0 spiro atoms. The normalized spacial score (nSPS) is 17.9. The Morgan fingerprint density at radius 3 is 2.68 bits per heavy atom. The van der Waals surface area contributed by atoms with E-state index in [4.69, 9.17) is 16.3 Å². The van der Waals surface area contributed by atoms with Gasteiger partial charge in [0.1, 0.15) is 11.1 Å². The molecule has 2 aromatic carbocycles. The SMILES string of the molecule is COc1ccc(Cl)cc1N1C(=O)CSC1c1ccc(Br)cc1. The zero-order chi connectivity index (χ0) is 15.7. The molecule has 1 aliphatic rings. The van der Waals surface area contributed by atoms with E-state index in [-0.39, 0.29) is 11.3 Å². The molecule has 1 aliphatic heterocycles. The lowest BCUT2D eigenvalue weighted by molar-refractivity contribution is -0.115. The van der Waals surface area contributed by atoms with E-state index in [2.05, 4.69) is 15.9 Å². The summed E-state index contributed by atoms with van der Waals surface area (Å²) in [5, 5.41) is 0.503. The summed E-state index contributed by atoms with van der Waals surface area (Å²) in [4.78, 5) is 14.2. The Morgan fingerprint density at radius 2 is 2.00 bits per heavy atom. The molecule has 2 aromatic rings. The maximum atomic E-state index is 12.4. The molecule has 1 saturated heterocycles. The number of rotatable bonds is 3. The molecule has 0 radical (unpaired) electrons. The summed E-state index contributed by atoms with van der Waals surface area (Å²) in [6.07, 6.45) is 0. The molecule has 1 unspecified atom stereocenters. The number of amides is 1. The van der Waals surface area contributed by atoms with E-state index in [1.807, 2.05) is 24.3 Å². The lowest BCUT2D eigenvalue weighted by Gasteiger charge is -2.26. The van der Waals surface area contributed by atoms with E-state index in [9.17, 15) is 4.79 Å². The van der Waals surface area contributed by atoms with Crippen molar-refractivity contribution in [1.29, 1.82) is 0 Å². The highest BCUT2D eigenvalue weighted by atomic mass is 79.9. The van der Waals surface area contributed by atoms with E-state index >= 15 is 0 Å². The van der Waals surface area contributed by atoms with Crippen LogP contribution in [0.15, 0.2) is 46.9 Å². The average molecular weight is 399 g/mol. The fourth-order valence-electron chi connectivity index (χ4n) is 2.41. The van der Waals surface area contributed by atoms with E-state index in [1.54, 1.807) is 42.0 Å². The molecule has 114 valence electrons. The van der Waals surface area contributed by atoms with Gasteiger partial charge in [0.25, 0.3) is 0 Å². The standard InChI is InChI=1S/C16H13BrClNO2S/c1-21-14-7-6-12(18)8-13(14)19-15(20)9-22-16(19)10-2-4-11(17)5-3-10/h2-8,16H,9H2,1H3. The molecule has 0 bridgehead atoms. The Bertz CT molecular complexity index is 708. The van der Waals surface area contributed by atoms with Crippen molar-refractivity contribution >= 4 is 50.9 Å². The highest BCUT2D eigenvalue weighted by molar-refractivity contribution is 9.10. The third-order valence-electron chi connectivity index (χ3n) is 3.42. The van der Waals surface area contributed by atoms with Gasteiger partial charge in [0.15, 0.2) is 0 Å². The van der Waals surface area contributed by atoms with Crippen LogP contribution >= 0.6 is 39.3 Å². The van der Waals surface area contributed by atoms with Crippen LogP contribution in [0.2, 0.25) is 5.02 Å². The number of ether oxygens (including phenoxy) is 1. The van der Waals surface area contributed by atoms with Gasteiger partial charge < -0.3 is 4.74 Å². The number of thioether (sulfide) groups is 1. The highest BCUT2D eigenvalue weighted by Crippen LogP contribution is 2.45. The molecule has 1 fully saturated rings. The smallest absolute Gasteiger partial charge is 0.238 e. The summed E-state index contributed by atoms with van der Waals surface area (Å²) >= 11 is 11.1. The van der Waals surface area contributed by atoms with Crippen LogP contribution in [0.5, 0.6) is 5.75 Å². The van der Waals surface area contributed by atoms with Crippen LogP contribution in [-0.4, -0.2) is 18.8 Å². The fraction of sp³-hybridized carbons (Fsp3) is 0.188. The van der Waals surface area contributed by atoms with Gasteiger partial charge in [-0.1, -0.05) is 39.7 Å². The van der Waals surface area contributed by atoms with Crippen LogP contribution in [0.4, 0.5) is 5.69 Å². The van der Waals surface area contributed by atoms with Gasteiger partial charge in [0.05, 0.1) is 18.6 Å². The van der Waals surface area contributed by atoms with Gasteiger partial charge in [-0.3, -0.25) is 9.69 Å². The summed E-state index contributed by atoms with van der Waals surface area (Å²) in [5.74, 6) is 1.14. The predicted octanol–water partition coefficient (Wildman–Crippen LogP) is 4.89. The Morgan fingerprint density at radius 1 is 1.27 bits per heavy atom. The summed E-state index contributed by atoms with van der Waals surface area (Å²) in [5.41, 5.74) is 1.78. The molecule has 0 N–H and O–H groups in total. The Balaban J connectivity index is 2.05. The molecule has 0 aliphatic carbocycles. The molecule has 0 saturated carbocycles. The van der Waals surface area contributed by atoms with Crippen molar-refractivity contribution < 1.29 is 9.53 Å². The Labute approximate surface area is 146 Å². The molecular weight excluding hydrogens is 386 g/mol. The van der Waals surface area contributed by atoms with Crippen molar-refractivity contribution in [1.82, 2.24) is 0 Å². The third-order valence-corrected chi connectivity index (χ3v) is 5.40. The minimum Gasteiger partial charge on any atom is -0.495 e. The third kappa shape index (κ3) is 2.98. The van der Waals surface area contributed by atoms with Crippen LogP contribution in [0.1, 0.15) is 10.9 Å². The molecule has 1 heterocycles. The van der Waals surface area contributed by atoms with E-state index in [1.165, 1.54) is 0 Å². The molecule has 22 heavy (non-hydrogen) atoms. The van der Waals surface area contributed by atoms with Crippen molar-refractivity contribution in [3.63, 3.8) is 0 Å². The van der Waals surface area contributed by atoms with Crippen molar-refractivity contribution in [3.05, 3.63) is 57.5 Å². The average Bonchev–Trinajstić information content (AvgIpc) is 2.89. The minimum absolute atomic E-state index is 0.0542. The van der Waals surface area contributed by atoms with Gasteiger partial charge in [-0.15, -0.1) is 11.8 Å². The van der Waals surface area contributed by atoms with Crippen LogP contribution in [0.3, 0.4) is 0 Å². The quantitative estimate of drug-likeness (QED) is 0.737. The molecule has 3 rings (SSSR count). The number of nitrogens with zero attached hydrogens (tertiary/aromatic N) is 1. The van der Waals surface area contributed by atoms with E-state index < -0.39 is 0 Å². The molecule has 6 heteroatoms. The monoisotopic (exact) mass is 397 g/mol. The second kappa shape index (κ2) is 6.52. The van der Waals surface area contributed by atoms with Crippen molar-refractivity contribution in [2.24, 2.45) is 0 Å². The first-order valence-corrected chi connectivity index (χ1v) is 8.85. The van der Waals surface area contributed by atoms with Crippen molar-refractivity contribution in [2.75, 3.05) is 17.8 Å². The second-order valence-electron chi connectivity index (χ2n) is 4.79. The van der Waals surface area contributed by atoms with Crippen molar-refractivity contribution in [2.45, 2.75) is 5.37 Å². The molecule has 1 atom stereocenters. The van der Waals surface area contributed by atoms with E-state index in [0.29, 0.717) is 22.2 Å². The highest BCUT2D eigenvalue weighted by Gasteiger charge is 2.35. The number of halogens is 2. The van der Waals surface area contributed by atoms with Crippen LogP contribution in [0, 0.1) is 0 Å². The second-order valence-corrected chi connectivity index (χ2v) is 7.22. The molecular formula is C16H13BrClNO2S. The first kappa shape index (κ1) is 15.7. The maximum Gasteiger partial charge on any atom is 0.238 e. The van der Waals surface area contributed by atoms with Gasteiger partial charge in [-0.05, 0) is 35.9 Å². The van der Waals surface area contributed by atoms with Gasteiger partial charge in [0, 0.05) is 9.50 Å². The summed E-state index contributed by atoms with van der Waals surface area (Å²) in [6, 6.07) is 13.3. The number of carbonyl (C=O) groups is 1. The number of hydrogen-bond donors (Lipinski definition) is 0. The lowest BCUT2D eigenvalue weighted by atomic mass is 10.2. The van der Waals surface area contributed by atoms with Crippen molar-refractivity contribution in [3.8, 4) is 5.75 Å². The number of anilines is 1. The van der Waals surface area contributed by atoms with Crippen LogP contribution in [-0.2, 0) is 4.79 Å². The van der Waals surface area contributed by atoms with Gasteiger partial charge >= 0.3 is 0 Å². The summed E-state index contributed by atoms with van der Waals surface area (Å²) < 4.78 is 6.41. The Kier molecular flexibility index (Phi) is 4.66. The molecule has 3 nitrogen and oxygen atoms in total. The lowest BCUT2D eigenvalue weighted by Crippen LogP contribution is -2.28. The largest absolute Gasteiger partial charge is 0.495 e. The Hall–Kier alpha value is -1.17. The number of benzene rings is 2. The first-order chi connectivity index (χ1) is 10.6. The van der Waals surface area contributed by atoms with Gasteiger partial charge in [0.2, 0.25) is 5.91 Å². The van der Waals surface area contributed by atoms with Gasteiger partial charge in [-0.25, -0.2) is 0 Å². The van der Waals surface area contributed by atoms with Gasteiger partial charge in [-0.2, -0.15) is 0 Å². The zero-order valence-electron chi connectivity index (χ0n) is 11.8. The fourth-order valence-corrected chi connectivity index (χ4v) is 4.01. The minimum atomic E-state index is -0.0760. The summed E-state index contributed by atoms with van der Waals surface area (Å²) in [7, 11) is 1.59. The number of methoxy groups -OCH3 is 1. The van der Waals surface area contributed by atoms with Crippen LogP contribution < -0.4 is 9.64 Å². The predicted molar refractivity (Wildman–Crippen MR) is 94.8 cm³/mol. The molecule has 1 amide bonds.